The lowest BCUT2D eigenvalue weighted by atomic mass is 10.1. The molecular formula is C13H14NO3S-. The minimum Gasteiger partial charge on any atom is -0.545 e. The number of aromatic carboxylic acids is 1. The third-order valence-electron chi connectivity index (χ3n) is 3.81. The first-order chi connectivity index (χ1) is 8.58. The van der Waals surface area contributed by atoms with Crippen molar-refractivity contribution in [2.24, 2.45) is 11.8 Å². The van der Waals surface area contributed by atoms with Crippen molar-refractivity contribution < 1.29 is 14.7 Å². The molecule has 1 aromatic heterocycles. The second-order valence-electron chi connectivity index (χ2n) is 5.16. The molecule has 1 fully saturated rings. The number of carbonyl (C=O) groups excluding carboxylic acids is 2. The molecule has 0 aromatic carbocycles. The Balaban J connectivity index is 1.87. The van der Waals surface area contributed by atoms with Gasteiger partial charge in [0.05, 0.1) is 5.97 Å². The van der Waals surface area contributed by atoms with Gasteiger partial charge in [-0.05, 0) is 37.2 Å². The maximum absolute atomic E-state index is 11.9. The summed E-state index contributed by atoms with van der Waals surface area (Å²) in [5, 5.41) is 14.5. The van der Waals surface area contributed by atoms with E-state index < -0.39 is 5.97 Å². The lowest BCUT2D eigenvalue weighted by Gasteiger charge is -2.08. The van der Waals surface area contributed by atoms with Gasteiger partial charge >= 0.3 is 0 Å². The van der Waals surface area contributed by atoms with Crippen LogP contribution in [0.2, 0.25) is 0 Å². The Morgan fingerprint density at radius 1 is 1.39 bits per heavy atom. The molecule has 1 N–H and O–H groups in total. The number of rotatable bonds is 3. The fraction of sp³-hybridized carbons (Fsp3) is 0.538. The lowest BCUT2D eigenvalue weighted by molar-refractivity contribution is -0.254. The van der Waals surface area contributed by atoms with Gasteiger partial charge in [-0.2, -0.15) is 0 Å². The average molecular weight is 264 g/mol. The molecule has 5 heteroatoms. The predicted octanol–water partition coefficient (Wildman–Crippen LogP) is 1.19. The fourth-order valence-electron chi connectivity index (χ4n) is 2.60. The molecule has 2 aliphatic rings. The highest BCUT2D eigenvalue weighted by atomic mass is 32.1. The molecule has 4 nitrogen and oxygen atoms in total. The molecule has 2 atom stereocenters. The van der Waals surface area contributed by atoms with Gasteiger partial charge < -0.3 is 15.2 Å². The number of amides is 1. The summed E-state index contributed by atoms with van der Waals surface area (Å²) in [5.74, 6) is -0.752. The van der Waals surface area contributed by atoms with Gasteiger partial charge in [-0.15, -0.1) is 11.3 Å². The zero-order valence-electron chi connectivity index (χ0n) is 10.1. The first-order valence-corrected chi connectivity index (χ1v) is 7.06. The third-order valence-corrected chi connectivity index (χ3v) is 5.02. The minimum atomic E-state index is -1.17. The van der Waals surface area contributed by atoms with Crippen LogP contribution in [-0.2, 0) is 17.6 Å². The first-order valence-electron chi connectivity index (χ1n) is 6.24. The van der Waals surface area contributed by atoms with Gasteiger partial charge in [0.15, 0.2) is 0 Å². The van der Waals surface area contributed by atoms with E-state index in [4.69, 9.17) is 0 Å². The predicted molar refractivity (Wildman–Crippen MR) is 66.6 cm³/mol. The van der Waals surface area contributed by atoms with Crippen LogP contribution in [0, 0.1) is 11.8 Å². The van der Waals surface area contributed by atoms with E-state index in [9.17, 15) is 14.7 Å². The fourth-order valence-corrected chi connectivity index (χ4v) is 3.88. The Labute approximate surface area is 109 Å². The Bertz CT molecular complexity index is 535. The topological polar surface area (TPSA) is 69.2 Å². The van der Waals surface area contributed by atoms with Crippen molar-refractivity contribution in [3.63, 3.8) is 0 Å². The van der Waals surface area contributed by atoms with Crippen LogP contribution in [0.5, 0.6) is 0 Å². The van der Waals surface area contributed by atoms with Crippen LogP contribution >= 0.6 is 11.3 Å². The van der Waals surface area contributed by atoms with Crippen molar-refractivity contribution in [3.05, 3.63) is 16.0 Å². The number of hydrogen-bond donors (Lipinski definition) is 1. The minimum absolute atomic E-state index is 0.0510. The molecule has 1 saturated carbocycles. The number of thiophene rings is 1. The maximum atomic E-state index is 11.9. The lowest BCUT2D eigenvalue weighted by Crippen LogP contribution is -2.25. The molecular weight excluding hydrogens is 250 g/mol. The quantitative estimate of drug-likeness (QED) is 0.891. The Morgan fingerprint density at radius 2 is 2.11 bits per heavy atom. The molecule has 0 radical (unpaired) electrons. The highest BCUT2D eigenvalue weighted by Crippen LogP contribution is 2.42. The van der Waals surface area contributed by atoms with E-state index in [0.717, 1.165) is 36.1 Å². The van der Waals surface area contributed by atoms with Gasteiger partial charge in [0.2, 0.25) is 5.91 Å². The second kappa shape index (κ2) is 4.09. The van der Waals surface area contributed by atoms with Crippen molar-refractivity contribution in [1.82, 2.24) is 0 Å². The smallest absolute Gasteiger partial charge is 0.228 e. The summed E-state index contributed by atoms with van der Waals surface area (Å²) in [7, 11) is 0. The van der Waals surface area contributed by atoms with E-state index in [1.807, 2.05) is 6.92 Å². The molecule has 18 heavy (non-hydrogen) atoms. The molecule has 1 amide bonds. The number of aryl methyl sites for hydroxylation is 1. The number of carbonyl (C=O) groups is 2. The molecule has 0 saturated heterocycles. The zero-order chi connectivity index (χ0) is 12.9. The number of carboxylic acid groups (broad SMARTS) is 1. The van der Waals surface area contributed by atoms with Crippen LogP contribution in [0.15, 0.2) is 0 Å². The molecule has 0 unspecified atom stereocenters. The van der Waals surface area contributed by atoms with Crippen LogP contribution in [0.1, 0.15) is 40.6 Å². The summed E-state index contributed by atoms with van der Waals surface area (Å²) in [4.78, 5) is 24.2. The first kappa shape index (κ1) is 11.7. The monoisotopic (exact) mass is 264 g/mol. The van der Waals surface area contributed by atoms with E-state index >= 15 is 0 Å². The van der Waals surface area contributed by atoms with E-state index in [1.165, 1.54) is 11.3 Å². The summed E-state index contributed by atoms with van der Waals surface area (Å²) in [6.45, 7) is 2.03. The number of carboxylic acids is 1. The van der Waals surface area contributed by atoms with Crippen molar-refractivity contribution in [1.29, 1.82) is 0 Å². The van der Waals surface area contributed by atoms with Crippen molar-refractivity contribution in [2.75, 3.05) is 5.32 Å². The molecule has 0 aliphatic heterocycles. The third kappa shape index (κ3) is 1.82. The van der Waals surface area contributed by atoms with Crippen LogP contribution < -0.4 is 10.4 Å². The summed E-state index contributed by atoms with van der Waals surface area (Å²) < 4.78 is 0. The number of fused-ring (bicyclic) bond motifs is 1. The zero-order valence-corrected chi connectivity index (χ0v) is 10.9. The van der Waals surface area contributed by atoms with Gasteiger partial charge in [-0.25, -0.2) is 0 Å². The van der Waals surface area contributed by atoms with Gasteiger partial charge in [-0.1, -0.05) is 6.92 Å². The van der Waals surface area contributed by atoms with E-state index in [0.29, 0.717) is 10.9 Å². The molecule has 0 bridgehead atoms. The van der Waals surface area contributed by atoms with Crippen LogP contribution in [0.3, 0.4) is 0 Å². The molecule has 1 aromatic rings. The molecule has 1 heterocycles. The molecule has 2 aliphatic carbocycles. The number of nitrogens with one attached hydrogen (secondary N) is 1. The van der Waals surface area contributed by atoms with Crippen LogP contribution in [0.4, 0.5) is 5.00 Å². The Hall–Kier alpha value is -1.36. The summed E-state index contributed by atoms with van der Waals surface area (Å²) in [6, 6.07) is 0. The second-order valence-corrected chi connectivity index (χ2v) is 6.26. The Kier molecular flexibility index (Phi) is 2.66. The van der Waals surface area contributed by atoms with Gasteiger partial charge in [0.1, 0.15) is 5.00 Å². The standard InChI is InChI=1S/C13H15NO3S/c1-6-5-8(6)11(15)14-12-10(13(16)17)7-3-2-4-9(7)18-12/h6,8H,2-5H2,1H3,(H,14,15)(H,16,17)/p-1/t6-,8-/m1/s1. The van der Waals surface area contributed by atoms with Gasteiger partial charge in [0.25, 0.3) is 0 Å². The number of hydrogen-bond acceptors (Lipinski definition) is 4. The van der Waals surface area contributed by atoms with Crippen LogP contribution in [0.25, 0.3) is 0 Å². The van der Waals surface area contributed by atoms with Gasteiger partial charge in [0, 0.05) is 16.4 Å². The molecule has 96 valence electrons. The highest BCUT2D eigenvalue weighted by Gasteiger charge is 2.39. The highest BCUT2D eigenvalue weighted by molar-refractivity contribution is 7.17. The van der Waals surface area contributed by atoms with Crippen molar-refractivity contribution in [2.45, 2.75) is 32.6 Å². The SMILES string of the molecule is C[C@@H]1C[C@H]1C(=O)Nc1sc2c(c1C(=O)[O-])CCC2. The van der Waals surface area contributed by atoms with Crippen molar-refractivity contribution in [3.8, 4) is 0 Å². The molecule has 3 rings (SSSR count). The Morgan fingerprint density at radius 3 is 2.72 bits per heavy atom. The summed E-state index contributed by atoms with van der Waals surface area (Å²) >= 11 is 1.40. The summed E-state index contributed by atoms with van der Waals surface area (Å²) in [6.07, 6.45) is 3.59. The van der Waals surface area contributed by atoms with Gasteiger partial charge in [-0.3, -0.25) is 4.79 Å². The largest absolute Gasteiger partial charge is 0.545 e. The van der Waals surface area contributed by atoms with E-state index in [-0.39, 0.29) is 17.4 Å². The maximum Gasteiger partial charge on any atom is 0.228 e. The normalized spacial score (nSPS) is 24.7. The number of anilines is 1. The van der Waals surface area contributed by atoms with Crippen molar-refractivity contribution >= 4 is 28.2 Å². The average Bonchev–Trinajstić information content (AvgIpc) is 2.70. The molecule has 0 spiro atoms. The summed E-state index contributed by atoms with van der Waals surface area (Å²) in [5.41, 5.74) is 1.09. The van der Waals surface area contributed by atoms with E-state index in [2.05, 4.69) is 5.32 Å². The van der Waals surface area contributed by atoms with E-state index in [1.54, 1.807) is 0 Å². The van der Waals surface area contributed by atoms with Crippen LogP contribution in [-0.4, -0.2) is 11.9 Å².